The maximum Gasteiger partial charge on any atom is 0.181 e. The Morgan fingerprint density at radius 2 is 1.52 bits per heavy atom. The predicted octanol–water partition coefficient (Wildman–Crippen LogP) is 4.75. The maximum absolute atomic E-state index is 14.2. The quantitative estimate of drug-likeness (QED) is 0.659. The first kappa shape index (κ1) is 17.5. The third-order valence-corrected chi connectivity index (χ3v) is 5.04. The number of sulfone groups is 1. The summed E-state index contributed by atoms with van der Waals surface area (Å²) in [7, 11) is -4.01. The number of pyridine rings is 1. The van der Waals surface area contributed by atoms with Crippen LogP contribution in [-0.2, 0) is 9.84 Å². The van der Waals surface area contributed by atoms with Gasteiger partial charge in [0.1, 0.15) is 16.5 Å². The Hall–Kier alpha value is -2.31. The lowest BCUT2D eigenvalue weighted by molar-refractivity contribution is 0.522. The molecule has 7 heteroatoms. The lowest BCUT2D eigenvalue weighted by atomic mass is 9.96. The molecule has 0 aliphatic rings. The summed E-state index contributed by atoms with van der Waals surface area (Å²) in [5.74, 6) is -2.27. The Bertz CT molecular complexity index is 1030. The highest BCUT2D eigenvalue weighted by atomic mass is 35.5. The molecular weight excluding hydrogens is 368 g/mol. The fraction of sp³-hybridized carbons (Fsp3) is 0.0556. The van der Waals surface area contributed by atoms with Gasteiger partial charge in [-0.2, -0.15) is 0 Å². The summed E-state index contributed by atoms with van der Waals surface area (Å²) in [6.45, 7) is 0. The van der Waals surface area contributed by atoms with Gasteiger partial charge < -0.3 is 0 Å². The van der Waals surface area contributed by atoms with Crippen molar-refractivity contribution in [2.45, 2.75) is 4.90 Å². The number of nitrogens with zero attached hydrogens (tertiary/aromatic N) is 1. The van der Waals surface area contributed by atoms with Crippen LogP contribution in [-0.4, -0.2) is 19.7 Å². The standard InChI is InChI=1S/C18H12ClF2NO2S/c1-25(23,24)18-16(20)8-12(9-17(18)21)15-10-22-7-6-14(15)11-2-4-13(19)5-3-11/h2-10H,1H3. The monoisotopic (exact) mass is 379 g/mol. The lowest BCUT2D eigenvalue weighted by Crippen LogP contribution is -2.05. The summed E-state index contributed by atoms with van der Waals surface area (Å²) in [6, 6.07) is 10.7. The highest BCUT2D eigenvalue weighted by Gasteiger charge is 2.21. The average molecular weight is 380 g/mol. The second-order valence-corrected chi connectivity index (χ2v) is 7.86. The first-order valence-corrected chi connectivity index (χ1v) is 9.44. The van der Waals surface area contributed by atoms with Crippen LogP contribution < -0.4 is 0 Å². The van der Waals surface area contributed by atoms with Crippen LogP contribution in [0.3, 0.4) is 0 Å². The van der Waals surface area contributed by atoms with Crippen molar-refractivity contribution in [2.75, 3.05) is 6.26 Å². The Balaban J connectivity index is 2.20. The molecule has 0 radical (unpaired) electrons. The minimum Gasteiger partial charge on any atom is -0.264 e. The molecule has 0 amide bonds. The van der Waals surface area contributed by atoms with Crippen molar-refractivity contribution < 1.29 is 17.2 Å². The summed E-state index contributed by atoms with van der Waals surface area (Å²) in [5, 5.41) is 0.564. The van der Waals surface area contributed by atoms with Gasteiger partial charge in [-0.15, -0.1) is 0 Å². The summed E-state index contributed by atoms with van der Waals surface area (Å²) >= 11 is 5.89. The molecule has 0 unspecified atom stereocenters. The molecule has 0 aliphatic heterocycles. The molecule has 0 bridgehead atoms. The molecule has 0 saturated carbocycles. The highest BCUT2D eigenvalue weighted by molar-refractivity contribution is 7.90. The molecule has 1 heterocycles. The topological polar surface area (TPSA) is 47.0 Å². The summed E-state index contributed by atoms with van der Waals surface area (Å²) < 4.78 is 51.5. The van der Waals surface area contributed by atoms with Crippen LogP contribution in [0, 0.1) is 11.6 Å². The van der Waals surface area contributed by atoms with Crippen LogP contribution in [0.5, 0.6) is 0 Å². The minimum absolute atomic E-state index is 0.195. The van der Waals surface area contributed by atoms with Gasteiger partial charge in [0.15, 0.2) is 9.84 Å². The van der Waals surface area contributed by atoms with Gasteiger partial charge in [0.05, 0.1) is 0 Å². The number of halogens is 3. The molecule has 2 aromatic carbocycles. The molecular formula is C18H12ClF2NO2S. The van der Waals surface area contributed by atoms with E-state index in [1.54, 1.807) is 36.5 Å². The van der Waals surface area contributed by atoms with Crippen LogP contribution in [0.2, 0.25) is 5.02 Å². The molecule has 0 saturated heterocycles. The fourth-order valence-corrected chi connectivity index (χ4v) is 3.53. The van der Waals surface area contributed by atoms with E-state index in [1.807, 2.05) is 0 Å². The molecule has 0 atom stereocenters. The molecule has 3 aromatic rings. The first-order chi connectivity index (χ1) is 11.8. The smallest absolute Gasteiger partial charge is 0.181 e. The molecule has 0 spiro atoms. The molecule has 1 aromatic heterocycles. The summed E-state index contributed by atoms with van der Waals surface area (Å²) in [5.41, 5.74) is 2.15. The second-order valence-electron chi connectivity index (χ2n) is 5.47. The van der Waals surface area contributed by atoms with E-state index in [0.717, 1.165) is 24.0 Å². The van der Waals surface area contributed by atoms with Crippen LogP contribution >= 0.6 is 11.6 Å². The van der Waals surface area contributed by atoms with Gasteiger partial charge >= 0.3 is 0 Å². The van der Waals surface area contributed by atoms with E-state index < -0.39 is 26.4 Å². The van der Waals surface area contributed by atoms with Crippen molar-refractivity contribution in [3.05, 3.63) is 71.5 Å². The lowest BCUT2D eigenvalue weighted by Gasteiger charge is -2.11. The largest absolute Gasteiger partial charge is 0.264 e. The van der Waals surface area contributed by atoms with Crippen LogP contribution in [0.25, 0.3) is 22.3 Å². The number of hydrogen-bond acceptors (Lipinski definition) is 3. The van der Waals surface area contributed by atoms with E-state index in [-0.39, 0.29) is 5.56 Å². The predicted molar refractivity (Wildman–Crippen MR) is 93.1 cm³/mol. The van der Waals surface area contributed by atoms with Crippen molar-refractivity contribution in [2.24, 2.45) is 0 Å². The third-order valence-electron chi connectivity index (χ3n) is 3.66. The molecule has 0 fully saturated rings. The van der Waals surface area contributed by atoms with Gasteiger partial charge in [-0.3, -0.25) is 4.98 Å². The molecule has 3 rings (SSSR count). The van der Waals surface area contributed by atoms with Crippen molar-refractivity contribution in [1.82, 2.24) is 4.98 Å². The van der Waals surface area contributed by atoms with E-state index in [4.69, 9.17) is 11.6 Å². The minimum atomic E-state index is -4.01. The summed E-state index contributed by atoms with van der Waals surface area (Å²) in [6.07, 6.45) is 3.79. The van der Waals surface area contributed by atoms with Crippen molar-refractivity contribution in [3.8, 4) is 22.3 Å². The van der Waals surface area contributed by atoms with Crippen LogP contribution in [0.4, 0.5) is 8.78 Å². The molecule has 25 heavy (non-hydrogen) atoms. The highest BCUT2D eigenvalue weighted by Crippen LogP contribution is 2.34. The van der Waals surface area contributed by atoms with Gasteiger partial charge in [-0.1, -0.05) is 23.7 Å². The van der Waals surface area contributed by atoms with Crippen molar-refractivity contribution in [1.29, 1.82) is 0 Å². The van der Waals surface area contributed by atoms with Gasteiger partial charge in [0, 0.05) is 29.2 Å². The fourth-order valence-electron chi connectivity index (χ4n) is 2.58. The van der Waals surface area contributed by atoms with E-state index >= 15 is 0 Å². The average Bonchev–Trinajstić information content (AvgIpc) is 2.53. The number of benzene rings is 2. The van der Waals surface area contributed by atoms with Crippen molar-refractivity contribution in [3.63, 3.8) is 0 Å². The molecule has 0 N–H and O–H groups in total. The molecule has 128 valence electrons. The van der Waals surface area contributed by atoms with Gasteiger partial charge in [-0.05, 0) is 47.0 Å². The number of rotatable bonds is 3. The number of aromatic nitrogens is 1. The maximum atomic E-state index is 14.2. The normalized spacial score (nSPS) is 11.5. The van der Waals surface area contributed by atoms with E-state index in [0.29, 0.717) is 16.1 Å². The van der Waals surface area contributed by atoms with Crippen LogP contribution in [0.15, 0.2) is 59.8 Å². The third kappa shape index (κ3) is 3.55. The zero-order chi connectivity index (χ0) is 18.2. The summed E-state index contributed by atoms with van der Waals surface area (Å²) in [4.78, 5) is 3.07. The Labute approximate surface area is 148 Å². The molecule has 3 nitrogen and oxygen atoms in total. The van der Waals surface area contributed by atoms with Crippen molar-refractivity contribution >= 4 is 21.4 Å². The van der Waals surface area contributed by atoms with E-state index in [2.05, 4.69) is 4.98 Å². The molecule has 0 aliphatic carbocycles. The SMILES string of the molecule is CS(=O)(=O)c1c(F)cc(-c2cnccc2-c2ccc(Cl)cc2)cc1F. The first-order valence-electron chi connectivity index (χ1n) is 7.17. The van der Waals surface area contributed by atoms with E-state index in [9.17, 15) is 17.2 Å². The van der Waals surface area contributed by atoms with Gasteiger partial charge in [-0.25, -0.2) is 17.2 Å². The Morgan fingerprint density at radius 3 is 2.08 bits per heavy atom. The number of hydrogen-bond donors (Lipinski definition) is 0. The van der Waals surface area contributed by atoms with Gasteiger partial charge in [0.2, 0.25) is 0 Å². The second kappa shape index (κ2) is 6.54. The van der Waals surface area contributed by atoms with E-state index in [1.165, 1.54) is 6.20 Å². The zero-order valence-corrected chi connectivity index (χ0v) is 14.6. The Morgan fingerprint density at radius 1 is 0.920 bits per heavy atom. The Kier molecular flexibility index (Phi) is 4.58. The zero-order valence-electron chi connectivity index (χ0n) is 13.0. The van der Waals surface area contributed by atoms with Gasteiger partial charge in [0.25, 0.3) is 0 Å². The van der Waals surface area contributed by atoms with Crippen LogP contribution in [0.1, 0.15) is 0 Å².